The van der Waals surface area contributed by atoms with Crippen LogP contribution in [0.3, 0.4) is 0 Å². The first-order chi connectivity index (χ1) is 8.43. The van der Waals surface area contributed by atoms with E-state index >= 15 is 0 Å². The van der Waals surface area contributed by atoms with Gasteiger partial charge in [-0.3, -0.25) is 4.79 Å². The van der Waals surface area contributed by atoms with Crippen LogP contribution < -0.4 is 0 Å². The molecular formula is C14H15F3O. The highest BCUT2D eigenvalue weighted by atomic mass is 19.4. The zero-order chi connectivity index (χ0) is 13.3. The minimum Gasteiger partial charge on any atom is -0.294 e. The van der Waals surface area contributed by atoms with Crippen molar-refractivity contribution >= 4 is 5.78 Å². The van der Waals surface area contributed by atoms with Gasteiger partial charge in [-0.2, -0.15) is 13.2 Å². The predicted octanol–water partition coefficient (Wildman–Crippen LogP) is 4.18. The molecule has 0 spiro atoms. The average Bonchev–Trinajstić information content (AvgIpc) is 2.67. The Labute approximate surface area is 104 Å². The van der Waals surface area contributed by atoms with Crippen molar-refractivity contribution in [2.24, 2.45) is 0 Å². The van der Waals surface area contributed by atoms with E-state index in [0.717, 1.165) is 25.0 Å². The summed E-state index contributed by atoms with van der Waals surface area (Å²) in [7, 11) is 0. The lowest BCUT2D eigenvalue weighted by molar-refractivity contribution is -0.137. The third-order valence-electron chi connectivity index (χ3n) is 3.33. The lowest BCUT2D eigenvalue weighted by atomic mass is 9.95. The van der Waals surface area contributed by atoms with E-state index < -0.39 is 11.7 Å². The molecular weight excluding hydrogens is 241 g/mol. The van der Waals surface area contributed by atoms with Crippen LogP contribution in [0, 0.1) is 0 Å². The topological polar surface area (TPSA) is 17.1 Å². The lowest BCUT2D eigenvalue weighted by Gasteiger charge is -2.13. The van der Waals surface area contributed by atoms with Gasteiger partial charge in [-0.1, -0.05) is 13.3 Å². The minimum absolute atomic E-state index is 0.00942. The molecule has 1 aliphatic carbocycles. The van der Waals surface area contributed by atoms with Gasteiger partial charge < -0.3 is 0 Å². The summed E-state index contributed by atoms with van der Waals surface area (Å²) in [4.78, 5) is 11.7. The second-order valence-electron chi connectivity index (χ2n) is 4.69. The number of Topliss-reactive ketones (excluding diaryl/α,β-unsaturated/α-hetero) is 1. The summed E-state index contributed by atoms with van der Waals surface area (Å²) in [6.45, 7) is 1.98. The van der Waals surface area contributed by atoms with Crippen molar-refractivity contribution in [2.45, 2.75) is 45.2 Å². The maximum atomic E-state index is 12.8. The Bertz CT molecular complexity index is 475. The molecule has 0 atom stereocenters. The molecule has 1 aliphatic rings. The van der Waals surface area contributed by atoms with Crippen molar-refractivity contribution in [3.8, 4) is 0 Å². The van der Waals surface area contributed by atoms with E-state index in [1.165, 1.54) is 0 Å². The van der Waals surface area contributed by atoms with Crippen LogP contribution in [0.25, 0.3) is 0 Å². The molecule has 18 heavy (non-hydrogen) atoms. The molecule has 0 amide bonds. The molecule has 0 saturated heterocycles. The number of halogens is 3. The van der Waals surface area contributed by atoms with Gasteiger partial charge >= 0.3 is 6.18 Å². The van der Waals surface area contributed by atoms with E-state index in [1.807, 2.05) is 6.92 Å². The summed E-state index contributed by atoms with van der Waals surface area (Å²) in [6.07, 6.45) is -1.29. The second-order valence-corrected chi connectivity index (χ2v) is 4.69. The fourth-order valence-electron chi connectivity index (χ4n) is 2.42. The smallest absolute Gasteiger partial charge is 0.294 e. The molecule has 1 aromatic carbocycles. The summed E-state index contributed by atoms with van der Waals surface area (Å²) >= 11 is 0. The number of ketones is 1. The maximum Gasteiger partial charge on any atom is 0.416 e. The first-order valence-corrected chi connectivity index (χ1v) is 6.19. The van der Waals surface area contributed by atoms with Crippen molar-refractivity contribution < 1.29 is 18.0 Å². The van der Waals surface area contributed by atoms with Crippen molar-refractivity contribution in [3.05, 3.63) is 34.4 Å². The van der Waals surface area contributed by atoms with Gasteiger partial charge in [0.15, 0.2) is 5.78 Å². The van der Waals surface area contributed by atoms with E-state index in [-0.39, 0.29) is 5.78 Å². The maximum absolute atomic E-state index is 12.8. The van der Waals surface area contributed by atoms with Crippen LogP contribution >= 0.6 is 0 Å². The van der Waals surface area contributed by atoms with Gasteiger partial charge in [0.05, 0.1) is 5.56 Å². The molecule has 0 saturated carbocycles. The Hall–Kier alpha value is -1.32. The molecule has 0 aromatic heterocycles. The highest BCUT2D eigenvalue weighted by Gasteiger charge is 2.34. The number of alkyl halides is 3. The first-order valence-electron chi connectivity index (χ1n) is 6.19. The van der Waals surface area contributed by atoms with E-state index in [9.17, 15) is 18.0 Å². The summed E-state index contributed by atoms with van der Waals surface area (Å²) in [6, 6.07) is 2.29. The van der Waals surface area contributed by atoms with E-state index in [2.05, 4.69) is 0 Å². The summed E-state index contributed by atoms with van der Waals surface area (Å²) in [5.41, 5.74) is 1.07. The highest BCUT2D eigenvalue weighted by molar-refractivity contribution is 6.01. The van der Waals surface area contributed by atoms with Crippen molar-refractivity contribution in [1.29, 1.82) is 0 Å². The van der Waals surface area contributed by atoms with Crippen LogP contribution in [0.2, 0.25) is 0 Å². The molecule has 0 unspecified atom stereocenters. The normalized spacial score (nSPS) is 15.0. The number of aryl methyl sites for hydroxylation is 2. The monoisotopic (exact) mass is 256 g/mol. The summed E-state index contributed by atoms with van der Waals surface area (Å²) < 4.78 is 38.3. The third-order valence-corrected chi connectivity index (χ3v) is 3.33. The van der Waals surface area contributed by atoms with Gasteiger partial charge in [0.2, 0.25) is 0 Å². The SMILES string of the molecule is CCCCc1cc(C(F)(F)F)cc2c1C(=O)CC2. The van der Waals surface area contributed by atoms with Crippen LogP contribution in [0.15, 0.2) is 12.1 Å². The largest absolute Gasteiger partial charge is 0.416 e. The van der Waals surface area contributed by atoms with Crippen LogP contribution in [0.5, 0.6) is 0 Å². The van der Waals surface area contributed by atoms with E-state index in [4.69, 9.17) is 0 Å². The highest BCUT2D eigenvalue weighted by Crippen LogP contribution is 2.35. The molecule has 1 nitrogen and oxygen atoms in total. The summed E-state index contributed by atoms with van der Waals surface area (Å²) in [5, 5.41) is 0. The Morgan fingerprint density at radius 3 is 2.56 bits per heavy atom. The van der Waals surface area contributed by atoms with Crippen molar-refractivity contribution in [2.75, 3.05) is 0 Å². The molecule has 2 rings (SSSR count). The number of fused-ring (bicyclic) bond motifs is 1. The van der Waals surface area contributed by atoms with E-state index in [1.54, 1.807) is 0 Å². The van der Waals surface area contributed by atoms with Crippen LogP contribution in [-0.4, -0.2) is 5.78 Å². The van der Waals surface area contributed by atoms with Gasteiger partial charge in [-0.05, 0) is 42.5 Å². The number of unbranched alkanes of at least 4 members (excludes halogenated alkanes) is 1. The van der Waals surface area contributed by atoms with E-state index in [0.29, 0.717) is 36.0 Å². The minimum atomic E-state index is -4.33. The summed E-state index contributed by atoms with van der Waals surface area (Å²) in [5.74, 6) is -0.00942. The number of benzene rings is 1. The van der Waals surface area contributed by atoms with Crippen LogP contribution in [0.4, 0.5) is 13.2 Å². The molecule has 98 valence electrons. The molecule has 0 bridgehead atoms. The molecule has 0 N–H and O–H groups in total. The van der Waals surface area contributed by atoms with Crippen LogP contribution in [0.1, 0.15) is 53.2 Å². The van der Waals surface area contributed by atoms with Gasteiger partial charge in [0, 0.05) is 12.0 Å². The van der Waals surface area contributed by atoms with Crippen LogP contribution in [-0.2, 0) is 19.0 Å². The molecule has 0 heterocycles. The molecule has 0 aliphatic heterocycles. The number of hydrogen-bond acceptors (Lipinski definition) is 1. The van der Waals surface area contributed by atoms with Crippen molar-refractivity contribution in [3.63, 3.8) is 0 Å². The Kier molecular flexibility index (Phi) is 3.46. The zero-order valence-electron chi connectivity index (χ0n) is 10.2. The zero-order valence-corrected chi connectivity index (χ0v) is 10.2. The number of rotatable bonds is 3. The quantitative estimate of drug-likeness (QED) is 0.793. The van der Waals surface area contributed by atoms with Gasteiger partial charge in [-0.15, -0.1) is 0 Å². The second kappa shape index (κ2) is 4.75. The van der Waals surface area contributed by atoms with Gasteiger partial charge in [-0.25, -0.2) is 0 Å². The Morgan fingerprint density at radius 1 is 1.22 bits per heavy atom. The van der Waals surface area contributed by atoms with Gasteiger partial charge in [0.1, 0.15) is 0 Å². The molecule has 4 heteroatoms. The van der Waals surface area contributed by atoms with Crippen molar-refractivity contribution in [1.82, 2.24) is 0 Å². The molecule has 0 fully saturated rings. The number of hydrogen-bond donors (Lipinski definition) is 0. The average molecular weight is 256 g/mol. The Balaban J connectivity index is 2.48. The number of carbonyl (C=O) groups is 1. The molecule has 0 radical (unpaired) electrons. The number of carbonyl (C=O) groups excluding carboxylic acids is 1. The molecule has 1 aromatic rings. The first kappa shape index (κ1) is 13.1. The fraction of sp³-hybridized carbons (Fsp3) is 0.500. The predicted molar refractivity (Wildman–Crippen MR) is 62.7 cm³/mol. The standard InChI is InChI=1S/C14H15F3O/c1-2-3-4-9-7-11(14(15,16)17)8-10-5-6-12(18)13(9)10/h7-8H,2-6H2,1H3. The fourth-order valence-corrected chi connectivity index (χ4v) is 2.42. The third kappa shape index (κ3) is 2.42. The Morgan fingerprint density at radius 2 is 1.94 bits per heavy atom. The lowest BCUT2D eigenvalue weighted by Crippen LogP contribution is -2.09. The van der Waals surface area contributed by atoms with Gasteiger partial charge in [0.25, 0.3) is 0 Å².